The maximum Gasteiger partial charge on any atom is 0.165 e. The summed E-state index contributed by atoms with van der Waals surface area (Å²) in [6, 6.07) is 8.12. The van der Waals surface area contributed by atoms with Gasteiger partial charge < -0.3 is 9.84 Å². The standard InChI is InChI=1S/C14H19N5O2/c1-18-14(15-16-17-18)9-19-8-11(20)7-13(19)10-4-3-5-12(6-10)21-2/h3-6,11,13,20H,7-9H2,1-2H3/t11-,13+/m0/s1. The second-order valence-electron chi connectivity index (χ2n) is 5.33. The summed E-state index contributed by atoms with van der Waals surface area (Å²) >= 11 is 0. The predicted molar refractivity (Wildman–Crippen MR) is 75.6 cm³/mol. The predicted octanol–water partition coefficient (Wildman–Crippen LogP) is 0.527. The highest BCUT2D eigenvalue weighted by Gasteiger charge is 2.33. The van der Waals surface area contributed by atoms with E-state index in [1.54, 1.807) is 11.8 Å². The zero-order chi connectivity index (χ0) is 14.8. The van der Waals surface area contributed by atoms with E-state index in [2.05, 4.69) is 26.5 Å². The van der Waals surface area contributed by atoms with Gasteiger partial charge in [-0.1, -0.05) is 12.1 Å². The second kappa shape index (κ2) is 5.79. The van der Waals surface area contributed by atoms with Gasteiger partial charge in [0.05, 0.1) is 19.8 Å². The number of ether oxygens (including phenoxy) is 1. The maximum atomic E-state index is 10.0. The Hall–Kier alpha value is -1.99. The minimum atomic E-state index is -0.331. The summed E-state index contributed by atoms with van der Waals surface area (Å²) in [4.78, 5) is 2.20. The molecule has 1 aromatic carbocycles. The van der Waals surface area contributed by atoms with Crippen LogP contribution in [-0.4, -0.2) is 50.0 Å². The molecule has 1 aliphatic rings. The summed E-state index contributed by atoms with van der Waals surface area (Å²) in [5, 5.41) is 21.6. The first kappa shape index (κ1) is 14.0. The van der Waals surface area contributed by atoms with Crippen molar-refractivity contribution < 1.29 is 9.84 Å². The van der Waals surface area contributed by atoms with Gasteiger partial charge in [0.2, 0.25) is 0 Å². The van der Waals surface area contributed by atoms with Crippen molar-refractivity contribution in [1.82, 2.24) is 25.1 Å². The van der Waals surface area contributed by atoms with Crippen LogP contribution in [0.5, 0.6) is 5.75 Å². The third-order valence-corrected chi connectivity index (χ3v) is 3.91. The minimum Gasteiger partial charge on any atom is -0.497 e. The zero-order valence-electron chi connectivity index (χ0n) is 12.2. The Morgan fingerprint density at radius 1 is 1.43 bits per heavy atom. The molecule has 1 N–H and O–H groups in total. The number of benzene rings is 1. The van der Waals surface area contributed by atoms with Crippen molar-refractivity contribution in [1.29, 1.82) is 0 Å². The molecule has 21 heavy (non-hydrogen) atoms. The SMILES string of the molecule is COc1cccc([C@H]2C[C@H](O)CN2Cc2nnnn2C)c1. The first-order valence-electron chi connectivity index (χ1n) is 6.94. The molecule has 2 heterocycles. The number of aromatic nitrogens is 4. The molecule has 2 atom stereocenters. The smallest absolute Gasteiger partial charge is 0.165 e. The number of methoxy groups -OCH3 is 1. The number of aryl methyl sites for hydroxylation is 1. The van der Waals surface area contributed by atoms with E-state index in [1.165, 1.54) is 0 Å². The molecule has 1 saturated heterocycles. The highest BCUT2D eigenvalue weighted by atomic mass is 16.5. The summed E-state index contributed by atoms with van der Waals surface area (Å²) in [5.74, 6) is 1.62. The third-order valence-electron chi connectivity index (χ3n) is 3.91. The van der Waals surface area contributed by atoms with Crippen molar-refractivity contribution in [2.45, 2.75) is 25.1 Å². The van der Waals surface area contributed by atoms with Gasteiger partial charge in [-0.3, -0.25) is 4.90 Å². The topological polar surface area (TPSA) is 76.3 Å². The second-order valence-corrected chi connectivity index (χ2v) is 5.33. The Labute approximate surface area is 123 Å². The van der Waals surface area contributed by atoms with Crippen LogP contribution in [0.15, 0.2) is 24.3 Å². The molecule has 0 unspecified atom stereocenters. The van der Waals surface area contributed by atoms with Gasteiger partial charge in [-0.25, -0.2) is 4.68 Å². The van der Waals surface area contributed by atoms with Gasteiger partial charge >= 0.3 is 0 Å². The molecular formula is C14H19N5O2. The van der Waals surface area contributed by atoms with Gasteiger partial charge in [0.1, 0.15) is 5.75 Å². The van der Waals surface area contributed by atoms with E-state index >= 15 is 0 Å². The molecule has 0 amide bonds. The molecule has 7 nitrogen and oxygen atoms in total. The fourth-order valence-electron chi connectivity index (χ4n) is 2.81. The van der Waals surface area contributed by atoms with Gasteiger partial charge in [0, 0.05) is 19.6 Å². The molecule has 1 aliphatic heterocycles. The average molecular weight is 289 g/mol. The van der Waals surface area contributed by atoms with E-state index in [1.807, 2.05) is 25.2 Å². The van der Waals surface area contributed by atoms with Crippen LogP contribution in [-0.2, 0) is 13.6 Å². The Kier molecular flexibility index (Phi) is 3.85. The zero-order valence-corrected chi connectivity index (χ0v) is 12.2. The van der Waals surface area contributed by atoms with Crippen molar-refractivity contribution in [2.24, 2.45) is 7.05 Å². The van der Waals surface area contributed by atoms with Crippen molar-refractivity contribution in [3.8, 4) is 5.75 Å². The lowest BCUT2D eigenvalue weighted by molar-refractivity contribution is 0.170. The van der Waals surface area contributed by atoms with Crippen molar-refractivity contribution in [2.75, 3.05) is 13.7 Å². The summed E-state index contributed by atoms with van der Waals surface area (Å²) in [7, 11) is 3.48. The van der Waals surface area contributed by atoms with Gasteiger partial charge in [0.15, 0.2) is 5.82 Å². The van der Waals surface area contributed by atoms with Gasteiger partial charge in [-0.05, 0) is 34.5 Å². The highest BCUT2D eigenvalue weighted by Crippen LogP contribution is 2.34. The van der Waals surface area contributed by atoms with E-state index in [-0.39, 0.29) is 12.1 Å². The van der Waals surface area contributed by atoms with Crippen LogP contribution in [0, 0.1) is 0 Å². The first-order chi connectivity index (χ1) is 10.2. The average Bonchev–Trinajstić information content (AvgIpc) is 3.06. The van der Waals surface area contributed by atoms with E-state index in [9.17, 15) is 5.11 Å². The van der Waals surface area contributed by atoms with Crippen LogP contribution in [0.1, 0.15) is 23.9 Å². The molecule has 2 aromatic rings. The molecule has 1 aromatic heterocycles. The lowest BCUT2D eigenvalue weighted by Gasteiger charge is -2.23. The normalized spacial score (nSPS) is 22.6. The Balaban J connectivity index is 1.83. The Bertz CT molecular complexity index is 615. The molecular weight excluding hydrogens is 270 g/mol. The van der Waals surface area contributed by atoms with Gasteiger partial charge in [0.25, 0.3) is 0 Å². The molecule has 3 rings (SSSR count). The summed E-state index contributed by atoms with van der Waals surface area (Å²) in [6.07, 6.45) is 0.376. The van der Waals surface area contributed by atoms with Crippen molar-refractivity contribution >= 4 is 0 Å². The maximum absolute atomic E-state index is 10.0. The van der Waals surface area contributed by atoms with Crippen LogP contribution in [0.25, 0.3) is 0 Å². The minimum absolute atomic E-state index is 0.145. The van der Waals surface area contributed by atoms with Crippen LogP contribution in [0.4, 0.5) is 0 Å². The summed E-state index contributed by atoms with van der Waals surface area (Å²) < 4.78 is 6.94. The van der Waals surface area contributed by atoms with Crippen molar-refractivity contribution in [3.63, 3.8) is 0 Å². The Morgan fingerprint density at radius 2 is 2.29 bits per heavy atom. The summed E-state index contributed by atoms with van der Waals surface area (Å²) in [5.41, 5.74) is 1.14. The lowest BCUT2D eigenvalue weighted by atomic mass is 10.0. The number of aliphatic hydroxyl groups excluding tert-OH is 1. The molecule has 0 bridgehead atoms. The molecule has 0 spiro atoms. The van der Waals surface area contributed by atoms with Crippen LogP contribution in [0.3, 0.4) is 0 Å². The van der Waals surface area contributed by atoms with E-state index in [0.717, 1.165) is 17.1 Å². The van der Waals surface area contributed by atoms with E-state index in [4.69, 9.17) is 4.74 Å². The third kappa shape index (κ3) is 2.88. The van der Waals surface area contributed by atoms with Crippen LogP contribution < -0.4 is 4.74 Å². The fourth-order valence-corrected chi connectivity index (χ4v) is 2.81. The monoisotopic (exact) mass is 289 g/mol. The van der Waals surface area contributed by atoms with E-state index < -0.39 is 0 Å². The number of hydrogen-bond acceptors (Lipinski definition) is 6. The molecule has 0 saturated carbocycles. The quantitative estimate of drug-likeness (QED) is 0.884. The largest absolute Gasteiger partial charge is 0.497 e. The lowest BCUT2D eigenvalue weighted by Crippen LogP contribution is -2.26. The number of aliphatic hydroxyl groups is 1. The molecule has 1 fully saturated rings. The summed E-state index contributed by atoms with van der Waals surface area (Å²) in [6.45, 7) is 1.23. The number of rotatable bonds is 4. The number of β-amino-alcohol motifs (C(OH)–C–C–N with tert-alkyl or cyclic N) is 1. The number of hydrogen-bond donors (Lipinski definition) is 1. The first-order valence-corrected chi connectivity index (χ1v) is 6.94. The molecule has 0 aliphatic carbocycles. The highest BCUT2D eigenvalue weighted by molar-refractivity contribution is 5.31. The van der Waals surface area contributed by atoms with Crippen LogP contribution >= 0.6 is 0 Å². The molecule has 7 heteroatoms. The number of likely N-dealkylation sites (tertiary alicyclic amines) is 1. The number of tetrazole rings is 1. The van der Waals surface area contributed by atoms with E-state index in [0.29, 0.717) is 19.5 Å². The molecule has 112 valence electrons. The van der Waals surface area contributed by atoms with Gasteiger partial charge in [-0.2, -0.15) is 0 Å². The fraction of sp³-hybridized carbons (Fsp3) is 0.500. The van der Waals surface area contributed by atoms with Crippen LogP contribution in [0.2, 0.25) is 0 Å². The molecule has 0 radical (unpaired) electrons. The van der Waals surface area contributed by atoms with Gasteiger partial charge in [-0.15, -0.1) is 5.10 Å². The number of nitrogens with zero attached hydrogens (tertiary/aromatic N) is 5. The van der Waals surface area contributed by atoms with Crippen molar-refractivity contribution in [3.05, 3.63) is 35.7 Å². The Morgan fingerprint density at radius 3 is 3.00 bits per heavy atom.